The molecule has 3 nitrogen and oxygen atoms in total. The quantitative estimate of drug-likeness (QED) is 0.802. The summed E-state index contributed by atoms with van der Waals surface area (Å²) >= 11 is 2.94. The van der Waals surface area contributed by atoms with Gasteiger partial charge in [0.05, 0.1) is 17.0 Å². The molecule has 14 heavy (non-hydrogen) atoms. The number of nitrogen functional groups attached to an aromatic ring is 1. The highest BCUT2D eigenvalue weighted by atomic mass is 32.1. The van der Waals surface area contributed by atoms with Gasteiger partial charge in [-0.15, -0.1) is 22.7 Å². The molecule has 0 unspecified atom stereocenters. The van der Waals surface area contributed by atoms with E-state index >= 15 is 0 Å². The lowest BCUT2D eigenvalue weighted by atomic mass is 10.4. The van der Waals surface area contributed by atoms with Crippen LogP contribution in [0.4, 0.5) is 5.69 Å². The summed E-state index contributed by atoms with van der Waals surface area (Å²) in [7, 11) is 0. The highest BCUT2D eigenvalue weighted by Gasteiger charge is 2.17. The molecule has 0 atom stereocenters. The molecule has 0 fully saturated rings. The lowest BCUT2D eigenvalue weighted by molar-refractivity contribution is 0.0533. The minimum absolute atomic E-state index is 0.321. The molecule has 0 saturated carbocycles. The molecule has 0 saturated heterocycles. The van der Waals surface area contributed by atoms with Crippen molar-refractivity contribution in [1.82, 2.24) is 0 Å². The van der Waals surface area contributed by atoms with Crippen LogP contribution in [0.2, 0.25) is 0 Å². The number of ether oxygens (including phenoxy) is 1. The van der Waals surface area contributed by atoms with E-state index in [1.54, 1.807) is 18.3 Å². The molecule has 0 aliphatic heterocycles. The maximum atomic E-state index is 11.4. The van der Waals surface area contributed by atoms with Crippen LogP contribution in [-0.2, 0) is 4.74 Å². The second-order valence-electron chi connectivity index (χ2n) is 2.68. The Labute approximate surface area is 89.1 Å². The average molecular weight is 227 g/mol. The molecule has 0 bridgehead atoms. The van der Waals surface area contributed by atoms with E-state index < -0.39 is 0 Å². The zero-order chi connectivity index (χ0) is 10.1. The minimum atomic E-state index is -0.321. The van der Waals surface area contributed by atoms with Crippen molar-refractivity contribution in [1.29, 1.82) is 0 Å². The van der Waals surface area contributed by atoms with Gasteiger partial charge in [-0.1, -0.05) is 0 Å². The topological polar surface area (TPSA) is 52.3 Å². The first-order chi connectivity index (χ1) is 6.74. The second kappa shape index (κ2) is 3.59. The van der Waals surface area contributed by atoms with Gasteiger partial charge in [0, 0.05) is 4.70 Å². The van der Waals surface area contributed by atoms with E-state index in [1.807, 2.05) is 11.4 Å². The van der Waals surface area contributed by atoms with Gasteiger partial charge in [0.1, 0.15) is 4.88 Å². The summed E-state index contributed by atoms with van der Waals surface area (Å²) < 4.78 is 6.94. The predicted molar refractivity (Wildman–Crippen MR) is 60.1 cm³/mol. The third-order valence-corrected chi connectivity index (χ3v) is 4.02. The fourth-order valence-electron chi connectivity index (χ4n) is 1.19. The van der Waals surface area contributed by atoms with Gasteiger partial charge in [0.2, 0.25) is 0 Å². The fourth-order valence-corrected chi connectivity index (χ4v) is 3.28. The Hall–Kier alpha value is -1.07. The largest absolute Gasteiger partial charge is 0.462 e. The van der Waals surface area contributed by atoms with Crippen LogP contribution in [0, 0.1) is 0 Å². The van der Waals surface area contributed by atoms with Crippen LogP contribution < -0.4 is 5.73 Å². The Bertz CT molecular complexity index is 472. The summed E-state index contributed by atoms with van der Waals surface area (Å²) in [6, 6.07) is 1.96. The van der Waals surface area contributed by atoms with Gasteiger partial charge in [0.15, 0.2) is 0 Å². The van der Waals surface area contributed by atoms with Crippen molar-refractivity contribution in [3.8, 4) is 0 Å². The van der Waals surface area contributed by atoms with Gasteiger partial charge in [-0.25, -0.2) is 4.79 Å². The van der Waals surface area contributed by atoms with Crippen molar-refractivity contribution in [2.75, 3.05) is 12.3 Å². The third-order valence-electron chi connectivity index (χ3n) is 1.79. The molecule has 0 aliphatic carbocycles. The number of nitrogens with two attached hydrogens (primary N) is 1. The number of fused-ring (bicyclic) bond motifs is 1. The van der Waals surface area contributed by atoms with Crippen molar-refractivity contribution >= 4 is 43.7 Å². The van der Waals surface area contributed by atoms with E-state index in [-0.39, 0.29) is 5.97 Å². The van der Waals surface area contributed by atoms with Gasteiger partial charge in [-0.05, 0) is 18.4 Å². The molecule has 2 aromatic rings. The van der Waals surface area contributed by atoms with Crippen molar-refractivity contribution in [3.63, 3.8) is 0 Å². The molecular weight excluding hydrogens is 218 g/mol. The first-order valence-electron chi connectivity index (χ1n) is 4.16. The van der Waals surface area contributed by atoms with Crippen molar-refractivity contribution in [2.24, 2.45) is 0 Å². The van der Waals surface area contributed by atoms with Gasteiger partial charge < -0.3 is 10.5 Å². The third kappa shape index (κ3) is 1.38. The summed E-state index contributed by atoms with van der Waals surface area (Å²) in [5, 5.41) is 1.96. The zero-order valence-electron chi connectivity index (χ0n) is 7.57. The summed E-state index contributed by atoms with van der Waals surface area (Å²) in [6.07, 6.45) is 0. The Balaban J connectivity index is 2.47. The Morgan fingerprint density at radius 3 is 3.07 bits per heavy atom. The molecule has 0 spiro atoms. The Morgan fingerprint density at radius 2 is 2.43 bits per heavy atom. The number of thiophene rings is 2. The zero-order valence-corrected chi connectivity index (χ0v) is 9.21. The number of carbonyl (C=O) groups excluding carboxylic acids is 1. The van der Waals surface area contributed by atoms with Gasteiger partial charge in [-0.3, -0.25) is 0 Å². The fraction of sp³-hybridized carbons (Fsp3) is 0.222. The predicted octanol–water partition coefficient (Wildman–Crippen LogP) is 2.72. The van der Waals surface area contributed by atoms with Crippen molar-refractivity contribution < 1.29 is 9.53 Å². The van der Waals surface area contributed by atoms with Gasteiger partial charge in [-0.2, -0.15) is 0 Å². The van der Waals surface area contributed by atoms with E-state index in [0.29, 0.717) is 17.2 Å². The Kier molecular flexibility index (Phi) is 2.43. The Morgan fingerprint density at radius 1 is 1.64 bits per heavy atom. The maximum Gasteiger partial charge on any atom is 0.350 e. The summed E-state index contributed by atoms with van der Waals surface area (Å²) in [4.78, 5) is 12.0. The standard InChI is InChI=1S/C9H9NO2S2/c1-2-12-9(11)8-6(10)7-5(14-8)3-4-13-7/h3-4H,2,10H2,1H3. The van der Waals surface area contributed by atoms with E-state index in [4.69, 9.17) is 10.5 Å². The van der Waals surface area contributed by atoms with Crippen molar-refractivity contribution in [3.05, 3.63) is 16.3 Å². The molecule has 74 valence electrons. The average Bonchev–Trinajstić information content (AvgIpc) is 2.69. The van der Waals surface area contributed by atoms with Crippen LogP contribution >= 0.6 is 22.7 Å². The highest BCUT2D eigenvalue weighted by molar-refractivity contribution is 7.29. The molecule has 2 N–H and O–H groups in total. The number of carbonyl (C=O) groups is 1. The molecule has 0 aliphatic rings. The number of hydrogen-bond donors (Lipinski definition) is 1. The van der Waals surface area contributed by atoms with E-state index in [1.165, 1.54) is 11.3 Å². The van der Waals surface area contributed by atoms with Crippen LogP contribution in [0.15, 0.2) is 11.4 Å². The lowest BCUT2D eigenvalue weighted by Crippen LogP contribution is -2.04. The normalized spacial score (nSPS) is 10.6. The summed E-state index contributed by atoms with van der Waals surface area (Å²) in [5.74, 6) is -0.321. The number of hydrogen-bond acceptors (Lipinski definition) is 5. The number of anilines is 1. The van der Waals surface area contributed by atoms with Crippen LogP contribution in [0.1, 0.15) is 16.6 Å². The smallest absolute Gasteiger partial charge is 0.350 e. The first-order valence-corrected chi connectivity index (χ1v) is 5.86. The van der Waals surface area contributed by atoms with Gasteiger partial charge >= 0.3 is 5.97 Å². The van der Waals surface area contributed by atoms with Crippen LogP contribution in [0.3, 0.4) is 0 Å². The SMILES string of the molecule is CCOC(=O)c1sc2ccsc2c1N. The van der Waals surface area contributed by atoms with E-state index in [9.17, 15) is 4.79 Å². The molecule has 0 amide bonds. The van der Waals surface area contributed by atoms with Gasteiger partial charge in [0.25, 0.3) is 0 Å². The van der Waals surface area contributed by atoms with E-state index in [2.05, 4.69) is 0 Å². The monoisotopic (exact) mass is 227 g/mol. The number of esters is 1. The van der Waals surface area contributed by atoms with Crippen molar-refractivity contribution in [2.45, 2.75) is 6.92 Å². The maximum absolute atomic E-state index is 11.4. The second-order valence-corrected chi connectivity index (χ2v) is 4.65. The van der Waals surface area contributed by atoms with Crippen LogP contribution in [0.5, 0.6) is 0 Å². The number of rotatable bonds is 2. The summed E-state index contributed by atoms with van der Waals surface area (Å²) in [5.41, 5.74) is 6.39. The highest BCUT2D eigenvalue weighted by Crippen LogP contribution is 2.37. The van der Waals surface area contributed by atoms with Crippen LogP contribution in [-0.4, -0.2) is 12.6 Å². The molecule has 5 heteroatoms. The molecule has 2 heterocycles. The molecule has 0 radical (unpaired) electrons. The summed E-state index contributed by atoms with van der Waals surface area (Å²) in [6.45, 7) is 2.16. The van der Waals surface area contributed by atoms with E-state index in [0.717, 1.165) is 9.40 Å². The molecule has 2 rings (SSSR count). The first kappa shape index (κ1) is 9.48. The molecule has 2 aromatic heterocycles. The van der Waals surface area contributed by atoms with Crippen LogP contribution in [0.25, 0.3) is 9.40 Å². The molecular formula is C9H9NO2S2. The lowest BCUT2D eigenvalue weighted by Gasteiger charge is -1.98. The minimum Gasteiger partial charge on any atom is -0.462 e. The molecule has 0 aromatic carbocycles.